The van der Waals surface area contributed by atoms with Gasteiger partial charge in [-0.05, 0) is 36.6 Å². The Morgan fingerprint density at radius 3 is 2.67 bits per heavy atom. The molecule has 0 saturated heterocycles. The standard InChI is InChI=1S/C13H17NO.CO2/c1-10(2)6-8-15-12-3-4-13-11(9-12)5-7-14-13;2-1-3/h3-5,7,9-10,14H,6,8H2,1-2H3;. The lowest BCUT2D eigenvalue weighted by atomic mass is 10.1. The highest BCUT2D eigenvalue weighted by atomic mass is 16.5. The predicted octanol–water partition coefficient (Wildman–Crippen LogP) is 3.01. The third kappa shape index (κ3) is 4.44. The van der Waals surface area contributed by atoms with Gasteiger partial charge in [0, 0.05) is 17.1 Å². The maximum Gasteiger partial charge on any atom is 0.373 e. The van der Waals surface area contributed by atoms with E-state index in [9.17, 15) is 0 Å². The van der Waals surface area contributed by atoms with Crippen molar-refractivity contribution < 1.29 is 14.3 Å². The first kappa shape index (κ1) is 14.0. The van der Waals surface area contributed by atoms with Crippen LogP contribution < -0.4 is 4.74 Å². The Labute approximate surface area is 106 Å². The summed E-state index contributed by atoms with van der Waals surface area (Å²) in [5.74, 6) is 1.66. The van der Waals surface area contributed by atoms with Crippen molar-refractivity contribution in [1.29, 1.82) is 0 Å². The minimum Gasteiger partial charge on any atom is -0.494 e. The molecule has 0 aliphatic carbocycles. The van der Waals surface area contributed by atoms with Gasteiger partial charge < -0.3 is 9.72 Å². The Kier molecular flexibility index (Phi) is 5.68. The van der Waals surface area contributed by atoms with Crippen LogP contribution in [0.25, 0.3) is 10.9 Å². The van der Waals surface area contributed by atoms with Gasteiger partial charge >= 0.3 is 6.15 Å². The highest BCUT2D eigenvalue weighted by Gasteiger charge is 1.99. The monoisotopic (exact) mass is 247 g/mol. The number of carbonyl (C=O) groups excluding carboxylic acids is 2. The Morgan fingerprint density at radius 2 is 2.00 bits per heavy atom. The topological polar surface area (TPSA) is 59.2 Å². The summed E-state index contributed by atoms with van der Waals surface area (Å²) in [6.07, 6.45) is 3.30. The Hall–Kier alpha value is -2.06. The highest BCUT2D eigenvalue weighted by molar-refractivity contribution is 5.80. The van der Waals surface area contributed by atoms with E-state index in [0.29, 0.717) is 5.92 Å². The van der Waals surface area contributed by atoms with E-state index in [-0.39, 0.29) is 6.15 Å². The van der Waals surface area contributed by atoms with Crippen molar-refractivity contribution in [1.82, 2.24) is 4.98 Å². The molecule has 18 heavy (non-hydrogen) atoms. The van der Waals surface area contributed by atoms with E-state index in [1.807, 2.05) is 12.3 Å². The van der Waals surface area contributed by atoms with Crippen LogP contribution in [0.2, 0.25) is 0 Å². The Balaban J connectivity index is 0.000000492. The summed E-state index contributed by atoms with van der Waals surface area (Å²) in [6.45, 7) is 5.21. The second-order valence-electron chi connectivity index (χ2n) is 4.34. The van der Waals surface area contributed by atoms with Gasteiger partial charge in [0.25, 0.3) is 0 Å². The maximum atomic E-state index is 8.12. The molecule has 0 aliphatic rings. The summed E-state index contributed by atoms with van der Waals surface area (Å²) >= 11 is 0. The summed E-state index contributed by atoms with van der Waals surface area (Å²) in [5.41, 5.74) is 1.16. The van der Waals surface area contributed by atoms with Crippen LogP contribution >= 0.6 is 0 Å². The SMILES string of the molecule is CC(C)CCOc1ccc2[nH]ccc2c1.O=C=O. The summed E-state index contributed by atoms with van der Waals surface area (Å²) in [5, 5.41) is 1.21. The molecule has 2 rings (SSSR count). The van der Waals surface area contributed by atoms with Crippen LogP contribution in [0.5, 0.6) is 5.75 Å². The summed E-state index contributed by atoms with van der Waals surface area (Å²) in [7, 11) is 0. The molecule has 0 aliphatic heterocycles. The van der Waals surface area contributed by atoms with E-state index < -0.39 is 0 Å². The molecule has 1 N–H and O–H groups in total. The number of hydrogen-bond acceptors (Lipinski definition) is 3. The van der Waals surface area contributed by atoms with E-state index in [0.717, 1.165) is 24.3 Å². The molecule has 2 aromatic rings. The molecule has 1 heterocycles. The number of fused-ring (bicyclic) bond motifs is 1. The van der Waals surface area contributed by atoms with Gasteiger partial charge in [0.05, 0.1) is 6.61 Å². The average molecular weight is 247 g/mol. The van der Waals surface area contributed by atoms with Gasteiger partial charge in [-0.1, -0.05) is 13.8 Å². The van der Waals surface area contributed by atoms with Gasteiger partial charge in [0.15, 0.2) is 0 Å². The number of hydrogen-bond donors (Lipinski definition) is 1. The quantitative estimate of drug-likeness (QED) is 0.903. The van der Waals surface area contributed by atoms with Crippen LogP contribution in [-0.4, -0.2) is 17.7 Å². The van der Waals surface area contributed by atoms with E-state index in [1.165, 1.54) is 5.39 Å². The van der Waals surface area contributed by atoms with Gasteiger partial charge in [-0.3, -0.25) is 0 Å². The third-order valence-corrected chi connectivity index (χ3v) is 2.49. The van der Waals surface area contributed by atoms with Crippen molar-refractivity contribution in [3.63, 3.8) is 0 Å². The molecule has 0 atom stereocenters. The number of nitrogens with one attached hydrogen (secondary N) is 1. The molecule has 0 spiro atoms. The predicted molar refractivity (Wildman–Crippen MR) is 68.3 cm³/mol. The van der Waals surface area contributed by atoms with Gasteiger partial charge in [-0.25, -0.2) is 0 Å². The van der Waals surface area contributed by atoms with E-state index in [1.54, 1.807) is 0 Å². The molecular formula is C14H17NO3. The molecule has 0 radical (unpaired) electrons. The van der Waals surface area contributed by atoms with Gasteiger partial charge in [-0.15, -0.1) is 0 Å². The molecule has 1 aromatic carbocycles. The fourth-order valence-corrected chi connectivity index (χ4v) is 1.53. The third-order valence-electron chi connectivity index (χ3n) is 2.49. The zero-order valence-electron chi connectivity index (χ0n) is 10.6. The molecule has 1 aromatic heterocycles. The first-order valence-electron chi connectivity index (χ1n) is 5.86. The second-order valence-corrected chi connectivity index (χ2v) is 4.34. The number of ether oxygens (including phenoxy) is 1. The van der Waals surface area contributed by atoms with Gasteiger partial charge in [-0.2, -0.15) is 9.59 Å². The van der Waals surface area contributed by atoms with Crippen LogP contribution in [0.1, 0.15) is 20.3 Å². The molecule has 96 valence electrons. The molecule has 0 fully saturated rings. The molecule has 0 saturated carbocycles. The van der Waals surface area contributed by atoms with Crippen molar-refractivity contribution in [2.45, 2.75) is 20.3 Å². The molecular weight excluding hydrogens is 230 g/mol. The number of aromatic nitrogens is 1. The first-order chi connectivity index (χ1) is 8.67. The summed E-state index contributed by atoms with van der Waals surface area (Å²) in [6, 6.07) is 8.20. The fourth-order valence-electron chi connectivity index (χ4n) is 1.53. The molecule has 4 nitrogen and oxygen atoms in total. The van der Waals surface area contributed by atoms with Crippen molar-refractivity contribution in [3.8, 4) is 5.75 Å². The minimum absolute atomic E-state index is 0.250. The van der Waals surface area contributed by atoms with Crippen LogP contribution in [0, 0.1) is 5.92 Å². The fraction of sp³-hybridized carbons (Fsp3) is 0.357. The number of aromatic amines is 1. The Morgan fingerprint density at radius 1 is 1.28 bits per heavy atom. The van der Waals surface area contributed by atoms with E-state index in [4.69, 9.17) is 14.3 Å². The lowest BCUT2D eigenvalue weighted by Crippen LogP contribution is -2.00. The van der Waals surface area contributed by atoms with Gasteiger partial charge in [0.2, 0.25) is 0 Å². The smallest absolute Gasteiger partial charge is 0.373 e. The number of rotatable bonds is 4. The average Bonchev–Trinajstić information content (AvgIpc) is 2.76. The molecule has 0 amide bonds. The van der Waals surface area contributed by atoms with E-state index in [2.05, 4.69) is 37.0 Å². The first-order valence-corrected chi connectivity index (χ1v) is 5.86. The van der Waals surface area contributed by atoms with Crippen molar-refractivity contribution in [2.75, 3.05) is 6.61 Å². The van der Waals surface area contributed by atoms with Crippen LogP contribution in [0.3, 0.4) is 0 Å². The minimum atomic E-state index is 0.250. The molecule has 0 bridgehead atoms. The molecule has 0 unspecified atom stereocenters. The van der Waals surface area contributed by atoms with E-state index >= 15 is 0 Å². The van der Waals surface area contributed by atoms with Crippen LogP contribution in [-0.2, 0) is 9.59 Å². The summed E-state index contributed by atoms with van der Waals surface area (Å²) in [4.78, 5) is 19.4. The van der Waals surface area contributed by atoms with Crippen molar-refractivity contribution >= 4 is 17.1 Å². The number of H-pyrrole nitrogens is 1. The second kappa shape index (κ2) is 7.30. The van der Waals surface area contributed by atoms with Crippen LogP contribution in [0.15, 0.2) is 30.5 Å². The zero-order chi connectivity index (χ0) is 13.4. The Bertz CT molecular complexity index is 510. The zero-order valence-corrected chi connectivity index (χ0v) is 10.6. The summed E-state index contributed by atoms with van der Waals surface area (Å²) < 4.78 is 5.68. The largest absolute Gasteiger partial charge is 0.494 e. The normalized spacial score (nSPS) is 9.72. The lowest BCUT2D eigenvalue weighted by Gasteiger charge is -2.07. The maximum absolute atomic E-state index is 8.12. The van der Waals surface area contributed by atoms with Gasteiger partial charge in [0.1, 0.15) is 5.75 Å². The lowest BCUT2D eigenvalue weighted by molar-refractivity contribution is -0.191. The van der Waals surface area contributed by atoms with Crippen molar-refractivity contribution in [3.05, 3.63) is 30.5 Å². The van der Waals surface area contributed by atoms with Crippen molar-refractivity contribution in [2.24, 2.45) is 5.92 Å². The molecule has 4 heteroatoms. The number of benzene rings is 1. The van der Waals surface area contributed by atoms with Crippen LogP contribution in [0.4, 0.5) is 0 Å². The highest BCUT2D eigenvalue weighted by Crippen LogP contribution is 2.19.